The highest BCUT2D eigenvalue weighted by atomic mass is 35.5. The Hall–Kier alpha value is -2.97. The highest BCUT2D eigenvalue weighted by Gasteiger charge is 2.43. The molecule has 0 aliphatic carbocycles. The molecule has 0 spiro atoms. The van der Waals surface area contributed by atoms with Crippen molar-refractivity contribution in [3.63, 3.8) is 0 Å². The normalized spacial score (nSPS) is 19.6. The van der Waals surface area contributed by atoms with E-state index in [1.165, 1.54) is 12.4 Å². The molecule has 0 saturated heterocycles. The summed E-state index contributed by atoms with van der Waals surface area (Å²) in [4.78, 5) is 9.46. The second-order valence-corrected chi connectivity index (χ2v) is 7.44. The van der Waals surface area contributed by atoms with Crippen LogP contribution in [0.3, 0.4) is 0 Å². The van der Waals surface area contributed by atoms with E-state index < -0.39 is 41.2 Å². The molecule has 0 saturated carbocycles. The molecule has 2 heterocycles. The highest BCUT2D eigenvalue weighted by Crippen LogP contribution is 2.43. The van der Waals surface area contributed by atoms with Gasteiger partial charge in [-0.05, 0) is 47.5 Å². The van der Waals surface area contributed by atoms with Crippen LogP contribution in [0.2, 0.25) is 5.02 Å². The Balaban J connectivity index is 1.82. The van der Waals surface area contributed by atoms with Crippen molar-refractivity contribution in [3.8, 4) is 0 Å². The lowest BCUT2D eigenvalue weighted by Crippen LogP contribution is -2.26. The van der Waals surface area contributed by atoms with E-state index in [-0.39, 0.29) is 5.71 Å². The molecule has 1 aromatic heterocycles. The molecule has 1 aliphatic rings. The molecule has 9 heteroatoms. The van der Waals surface area contributed by atoms with Crippen LogP contribution in [-0.2, 0) is 11.0 Å². The SMILES string of the molecule is OC(c1cccnc1)C1C(c2cc(C(F)(F)F)ccc2F)=NOC1c1cccc(Cl)c1. The highest BCUT2D eigenvalue weighted by molar-refractivity contribution is 6.30. The summed E-state index contributed by atoms with van der Waals surface area (Å²) in [7, 11) is 0. The first-order valence-electron chi connectivity index (χ1n) is 9.20. The Kier molecular flexibility index (Phi) is 5.68. The fourth-order valence-electron chi connectivity index (χ4n) is 3.54. The van der Waals surface area contributed by atoms with Crippen molar-refractivity contribution in [2.24, 2.45) is 11.1 Å². The van der Waals surface area contributed by atoms with Crippen LogP contribution in [0, 0.1) is 11.7 Å². The van der Waals surface area contributed by atoms with E-state index in [0.717, 1.165) is 6.07 Å². The molecular formula is C22H15ClF4N2O2. The van der Waals surface area contributed by atoms with Gasteiger partial charge in [0.15, 0.2) is 6.10 Å². The molecule has 0 radical (unpaired) electrons. The van der Waals surface area contributed by atoms with Crippen molar-refractivity contribution in [2.45, 2.75) is 18.4 Å². The van der Waals surface area contributed by atoms with Gasteiger partial charge in [0.1, 0.15) is 11.5 Å². The van der Waals surface area contributed by atoms with Gasteiger partial charge in [-0.15, -0.1) is 0 Å². The second kappa shape index (κ2) is 8.28. The summed E-state index contributed by atoms with van der Waals surface area (Å²) < 4.78 is 54.3. The van der Waals surface area contributed by atoms with Crippen LogP contribution in [0.5, 0.6) is 0 Å². The van der Waals surface area contributed by atoms with Gasteiger partial charge in [0.25, 0.3) is 0 Å². The molecule has 0 fully saturated rings. The third-order valence-corrected chi connectivity index (χ3v) is 5.25. The third-order valence-electron chi connectivity index (χ3n) is 5.02. The molecule has 3 aromatic rings. The molecular weight excluding hydrogens is 436 g/mol. The van der Waals surface area contributed by atoms with Crippen LogP contribution in [0.25, 0.3) is 0 Å². The standard InChI is InChI=1S/C22H15ClF4N2O2/c23-15-5-1-3-12(9-15)21-18(20(30)13-4-2-8-28-11-13)19(29-31-21)16-10-14(22(25,26)27)6-7-17(16)24/h1-11,18,20-21,30H. The largest absolute Gasteiger partial charge is 0.416 e. The number of aliphatic hydroxyl groups excluding tert-OH is 1. The van der Waals surface area contributed by atoms with Crippen LogP contribution in [0.4, 0.5) is 17.6 Å². The van der Waals surface area contributed by atoms with Gasteiger partial charge in [0.05, 0.1) is 17.6 Å². The number of pyridine rings is 1. The van der Waals surface area contributed by atoms with Crippen molar-refractivity contribution >= 4 is 17.3 Å². The lowest BCUT2D eigenvalue weighted by molar-refractivity contribution is -0.137. The Morgan fingerprint density at radius 3 is 2.55 bits per heavy atom. The van der Waals surface area contributed by atoms with E-state index >= 15 is 0 Å². The maximum absolute atomic E-state index is 14.6. The monoisotopic (exact) mass is 450 g/mol. The van der Waals surface area contributed by atoms with Crippen LogP contribution >= 0.6 is 11.6 Å². The minimum Gasteiger partial charge on any atom is -0.387 e. The molecule has 0 amide bonds. The Bertz CT molecular complexity index is 1120. The lowest BCUT2D eigenvalue weighted by atomic mass is 9.82. The second-order valence-electron chi connectivity index (χ2n) is 7.01. The molecule has 4 nitrogen and oxygen atoms in total. The average Bonchev–Trinajstić information content (AvgIpc) is 3.18. The molecule has 0 bridgehead atoms. The molecule has 1 N–H and O–H groups in total. The summed E-state index contributed by atoms with van der Waals surface area (Å²) in [5.74, 6) is -1.92. The molecule has 2 aromatic carbocycles. The number of aromatic nitrogens is 1. The fourth-order valence-corrected chi connectivity index (χ4v) is 3.73. The molecule has 4 rings (SSSR count). The van der Waals surface area contributed by atoms with Gasteiger partial charge in [0, 0.05) is 23.0 Å². The van der Waals surface area contributed by atoms with Gasteiger partial charge >= 0.3 is 6.18 Å². The topological polar surface area (TPSA) is 54.7 Å². The molecule has 1 aliphatic heterocycles. The van der Waals surface area contributed by atoms with Gasteiger partial charge < -0.3 is 9.94 Å². The summed E-state index contributed by atoms with van der Waals surface area (Å²) >= 11 is 6.07. The maximum Gasteiger partial charge on any atom is 0.416 e. The number of halogens is 5. The molecule has 31 heavy (non-hydrogen) atoms. The van der Waals surface area contributed by atoms with E-state index in [2.05, 4.69) is 10.1 Å². The number of rotatable bonds is 4. The third kappa shape index (κ3) is 4.26. The summed E-state index contributed by atoms with van der Waals surface area (Å²) in [6.45, 7) is 0. The van der Waals surface area contributed by atoms with Crippen molar-refractivity contribution in [1.82, 2.24) is 4.98 Å². The summed E-state index contributed by atoms with van der Waals surface area (Å²) in [5.41, 5.74) is -0.652. The number of alkyl halides is 3. The molecule has 3 unspecified atom stereocenters. The van der Waals surface area contributed by atoms with Gasteiger partial charge in [-0.1, -0.05) is 35.0 Å². The van der Waals surface area contributed by atoms with Crippen molar-refractivity contribution < 1.29 is 27.5 Å². The number of aliphatic hydroxyl groups is 1. The fraction of sp³-hybridized carbons (Fsp3) is 0.182. The zero-order chi connectivity index (χ0) is 22.2. The van der Waals surface area contributed by atoms with Crippen LogP contribution in [0.1, 0.15) is 34.5 Å². The van der Waals surface area contributed by atoms with Crippen LogP contribution < -0.4 is 0 Å². The minimum atomic E-state index is -4.67. The zero-order valence-electron chi connectivity index (χ0n) is 15.7. The molecule has 160 valence electrons. The zero-order valence-corrected chi connectivity index (χ0v) is 16.5. The van der Waals surface area contributed by atoms with E-state index in [0.29, 0.717) is 28.3 Å². The first-order valence-corrected chi connectivity index (χ1v) is 9.58. The van der Waals surface area contributed by atoms with Gasteiger partial charge in [-0.3, -0.25) is 4.98 Å². The van der Waals surface area contributed by atoms with E-state index in [4.69, 9.17) is 16.4 Å². The lowest BCUT2D eigenvalue weighted by Gasteiger charge is -2.25. The predicted octanol–water partition coefficient (Wildman–Crippen LogP) is 5.72. The summed E-state index contributed by atoms with van der Waals surface area (Å²) in [5, 5.41) is 15.4. The van der Waals surface area contributed by atoms with Gasteiger partial charge in [-0.2, -0.15) is 13.2 Å². The Morgan fingerprint density at radius 2 is 1.87 bits per heavy atom. The minimum absolute atomic E-state index is 0.134. The first kappa shape index (κ1) is 21.3. The summed E-state index contributed by atoms with van der Waals surface area (Å²) in [6.07, 6.45) is -3.94. The average molecular weight is 451 g/mol. The quantitative estimate of drug-likeness (QED) is 0.517. The Labute approximate surface area is 179 Å². The number of oxime groups is 1. The summed E-state index contributed by atoms with van der Waals surface area (Å²) in [6, 6.07) is 11.8. The number of nitrogens with zero attached hydrogens (tertiary/aromatic N) is 2. The molecule has 3 atom stereocenters. The van der Waals surface area contributed by atoms with Gasteiger partial charge in [-0.25, -0.2) is 4.39 Å². The van der Waals surface area contributed by atoms with Crippen LogP contribution in [0.15, 0.2) is 72.1 Å². The van der Waals surface area contributed by atoms with Crippen molar-refractivity contribution in [3.05, 3.63) is 100 Å². The van der Waals surface area contributed by atoms with Crippen molar-refractivity contribution in [2.75, 3.05) is 0 Å². The number of benzene rings is 2. The predicted molar refractivity (Wildman–Crippen MR) is 106 cm³/mol. The number of hydrogen-bond acceptors (Lipinski definition) is 4. The number of hydrogen-bond donors (Lipinski definition) is 1. The smallest absolute Gasteiger partial charge is 0.387 e. The Morgan fingerprint density at radius 1 is 1.06 bits per heavy atom. The van der Waals surface area contributed by atoms with E-state index in [1.807, 2.05) is 0 Å². The first-order chi connectivity index (χ1) is 14.8. The van der Waals surface area contributed by atoms with Crippen molar-refractivity contribution in [1.29, 1.82) is 0 Å². The van der Waals surface area contributed by atoms with E-state index in [1.54, 1.807) is 36.4 Å². The van der Waals surface area contributed by atoms with Crippen LogP contribution in [-0.4, -0.2) is 15.8 Å². The van der Waals surface area contributed by atoms with E-state index in [9.17, 15) is 22.7 Å². The maximum atomic E-state index is 14.6. The van der Waals surface area contributed by atoms with Gasteiger partial charge in [0.2, 0.25) is 0 Å².